The second-order valence-electron chi connectivity index (χ2n) is 3.48. The van der Waals surface area contributed by atoms with E-state index in [0.717, 1.165) is 4.90 Å². The van der Waals surface area contributed by atoms with Crippen LogP contribution in [-0.2, 0) is 19.2 Å². The monoisotopic (exact) mass is 212 g/mol. The molecule has 0 unspecified atom stereocenters. The predicted octanol–water partition coefficient (Wildman–Crippen LogP) is -1.16. The van der Waals surface area contributed by atoms with E-state index in [-0.39, 0.29) is 24.7 Å². The summed E-state index contributed by atoms with van der Waals surface area (Å²) >= 11 is 0. The Morgan fingerprint density at radius 1 is 1.40 bits per heavy atom. The molecule has 0 aromatic rings. The van der Waals surface area contributed by atoms with Crippen molar-refractivity contribution in [3.63, 3.8) is 0 Å². The summed E-state index contributed by atoms with van der Waals surface area (Å²) in [4.78, 5) is 45.2. The number of rotatable bonds is 3. The Bertz CT molecular complexity index is 337. The van der Waals surface area contributed by atoms with Crippen molar-refractivity contribution in [2.45, 2.75) is 26.3 Å². The maximum atomic E-state index is 11.5. The zero-order valence-electron chi connectivity index (χ0n) is 8.57. The standard InChI is InChI=1S/C9H12N2O4/c1-5(12)4-11-8(14)3-7(9(11)15)10-6(2)13/h7H,3-4H2,1-2H3,(H,10,13)/t7-/m0/s1. The van der Waals surface area contributed by atoms with Crippen LogP contribution in [0.4, 0.5) is 0 Å². The molecule has 1 saturated heterocycles. The molecule has 0 bridgehead atoms. The summed E-state index contributed by atoms with van der Waals surface area (Å²) in [6, 6.07) is -0.811. The maximum Gasteiger partial charge on any atom is 0.252 e. The Morgan fingerprint density at radius 2 is 2.00 bits per heavy atom. The third-order valence-electron chi connectivity index (χ3n) is 2.00. The largest absolute Gasteiger partial charge is 0.344 e. The highest BCUT2D eigenvalue weighted by atomic mass is 16.2. The fourth-order valence-electron chi connectivity index (χ4n) is 1.43. The Balaban J connectivity index is 2.70. The molecule has 6 heteroatoms. The summed E-state index contributed by atoms with van der Waals surface area (Å²) < 4.78 is 0. The number of nitrogens with zero attached hydrogens (tertiary/aromatic N) is 1. The van der Waals surface area contributed by atoms with Gasteiger partial charge in [-0.15, -0.1) is 0 Å². The average molecular weight is 212 g/mol. The van der Waals surface area contributed by atoms with Gasteiger partial charge in [-0.3, -0.25) is 24.1 Å². The van der Waals surface area contributed by atoms with Gasteiger partial charge in [0.25, 0.3) is 5.91 Å². The van der Waals surface area contributed by atoms with E-state index >= 15 is 0 Å². The van der Waals surface area contributed by atoms with Crippen LogP contribution in [0.15, 0.2) is 0 Å². The van der Waals surface area contributed by atoms with Crippen molar-refractivity contribution in [1.29, 1.82) is 0 Å². The van der Waals surface area contributed by atoms with Crippen molar-refractivity contribution >= 4 is 23.5 Å². The number of carbonyl (C=O) groups excluding carboxylic acids is 4. The van der Waals surface area contributed by atoms with Gasteiger partial charge >= 0.3 is 0 Å². The highest BCUT2D eigenvalue weighted by Gasteiger charge is 2.39. The molecule has 0 spiro atoms. The van der Waals surface area contributed by atoms with E-state index in [1.165, 1.54) is 13.8 Å². The number of hydrogen-bond donors (Lipinski definition) is 1. The van der Waals surface area contributed by atoms with Gasteiger partial charge in [-0.1, -0.05) is 0 Å². The van der Waals surface area contributed by atoms with Crippen LogP contribution in [0.1, 0.15) is 20.3 Å². The van der Waals surface area contributed by atoms with Gasteiger partial charge in [-0.2, -0.15) is 0 Å². The third-order valence-corrected chi connectivity index (χ3v) is 2.00. The van der Waals surface area contributed by atoms with Crippen LogP contribution in [0.5, 0.6) is 0 Å². The van der Waals surface area contributed by atoms with Crippen molar-refractivity contribution in [2.24, 2.45) is 0 Å². The van der Waals surface area contributed by atoms with Gasteiger partial charge in [0.2, 0.25) is 11.8 Å². The second kappa shape index (κ2) is 4.20. The Kier molecular flexibility index (Phi) is 3.18. The van der Waals surface area contributed by atoms with Gasteiger partial charge in [0.1, 0.15) is 11.8 Å². The van der Waals surface area contributed by atoms with Crippen LogP contribution >= 0.6 is 0 Å². The van der Waals surface area contributed by atoms with Crippen molar-refractivity contribution < 1.29 is 19.2 Å². The van der Waals surface area contributed by atoms with Gasteiger partial charge in [-0.05, 0) is 6.92 Å². The van der Waals surface area contributed by atoms with E-state index < -0.39 is 17.9 Å². The van der Waals surface area contributed by atoms with E-state index in [2.05, 4.69) is 5.32 Å². The molecule has 15 heavy (non-hydrogen) atoms. The van der Waals surface area contributed by atoms with E-state index in [9.17, 15) is 19.2 Å². The Hall–Kier alpha value is -1.72. The van der Waals surface area contributed by atoms with Gasteiger partial charge in [0.15, 0.2) is 0 Å². The number of imide groups is 1. The molecular formula is C9H12N2O4. The molecule has 0 radical (unpaired) electrons. The molecule has 1 heterocycles. The molecule has 0 aliphatic carbocycles. The lowest BCUT2D eigenvalue weighted by Crippen LogP contribution is -2.42. The zero-order valence-corrected chi connectivity index (χ0v) is 8.57. The molecule has 0 aromatic heterocycles. The number of amides is 3. The summed E-state index contributed by atoms with van der Waals surface area (Å²) in [7, 11) is 0. The predicted molar refractivity (Wildman–Crippen MR) is 49.6 cm³/mol. The Labute approximate surface area is 86.6 Å². The molecule has 1 aliphatic heterocycles. The van der Waals surface area contributed by atoms with Crippen LogP contribution in [0, 0.1) is 0 Å². The van der Waals surface area contributed by atoms with Gasteiger partial charge < -0.3 is 5.32 Å². The number of ketones is 1. The lowest BCUT2D eigenvalue weighted by molar-refractivity contribution is -0.142. The quantitative estimate of drug-likeness (QED) is 0.598. The van der Waals surface area contributed by atoms with Crippen molar-refractivity contribution in [2.75, 3.05) is 6.54 Å². The summed E-state index contributed by atoms with van der Waals surface area (Å²) in [5.41, 5.74) is 0. The smallest absolute Gasteiger partial charge is 0.252 e. The molecule has 1 rings (SSSR count). The lowest BCUT2D eigenvalue weighted by Gasteiger charge is -2.12. The molecule has 1 fully saturated rings. The van der Waals surface area contributed by atoms with Crippen molar-refractivity contribution in [1.82, 2.24) is 10.2 Å². The summed E-state index contributed by atoms with van der Waals surface area (Å²) in [6.07, 6.45) is -0.0638. The van der Waals surface area contributed by atoms with E-state index in [1.807, 2.05) is 0 Å². The molecule has 0 aromatic carbocycles. The zero-order chi connectivity index (χ0) is 11.6. The first-order valence-electron chi connectivity index (χ1n) is 4.52. The summed E-state index contributed by atoms with van der Waals surface area (Å²) in [5, 5.41) is 2.36. The van der Waals surface area contributed by atoms with Crippen LogP contribution in [0.2, 0.25) is 0 Å². The average Bonchev–Trinajstić information content (AvgIpc) is 2.31. The van der Waals surface area contributed by atoms with Crippen LogP contribution in [-0.4, -0.2) is 41.0 Å². The van der Waals surface area contributed by atoms with Crippen LogP contribution in [0.3, 0.4) is 0 Å². The van der Waals surface area contributed by atoms with Gasteiger partial charge in [-0.25, -0.2) is 0 Å². The number of hydrogen-bond acceptors (Lipinski definition) is 4. The summed E-state index contributed by atoms with van der Waals surface area (Å²) in [6.45, 7) is 2.35. The minimum Gasteiger partial charge on any atom is -0.344 e. The van der Waals surface area contributed by atoms with E-state index in [1.54, 1.807) is 0 Å². The molecule has 3 amide bonds. The van der Waals surface area contributed by atoms with E-state index in [0.29, 0.717) is 0 Å². The highest BCUT2D eigenvalue weighted by Crippen LogP contribution is 2.12. The van der Waals surface area contributed by atoms with Gasteiger partial charge in [0, 0.05) is 6.92 Å². The SMILES string of the molecule is CC(=O)CN1C(=O)C[C@H](NC(C)=O)C1=O. The topological polar surface area (TPSA) is 83.6 Å². The lowest BCUT2D eigenvalue weighted by atomic mass is 10.2. The molecule has 82 valence electrons. The third kappa shape index (κ3) is 2.61. The highest BCUT2D eigenvalue weighted by molar-refractivity contribution is 6.08. The minimum absolute atomic E-state index is 0.0638. The molecule has 1 N–H and O–H groups in total. The number of Topliss-reactive ketones (excluding diaryl/α,β-unsaturated/α-hetero) is 1. The number of likely N-dealkylation sites (tertiary alicyclic amines) is 1. The first-order valence-corrected chi connectivity index (χ1v) is 4.52. The van der Waals surface area contributed by atoms with E-state index in [4.69, 9.17) is 0 Å². The van der Waals surface area contributed by atoms with Crippen LogP contribution in [0.25, 0.3) is 0 Å². The molecular weight excluding hydrogens is 200 g/mol. The van der Waals surface area contributed by atoms with Crippen molar-refractivity contribution in [3.8, 4) is 0 Å². The first kappa shape index (κ1) is 11.4. The minimum atomic E-state index is -0.811. The maximum absolute atomic E-state index is 11.5. The normalized spacial score (nSPS) is 20.7. The summed E-state index contributed by atoms with van der Waals surface area (Å²) in [5.74, 6) is -1.56. The number of nitrogens with one attached hydrogen (secondary N) is 1. The molecule has 0 saturated carbocycles. The molecule has 6 nitrogen and oxygen atoms in total. The second-order valence-corrected chi connectivity index (χ2v) is 3.48. The van der Waals surface area contributed by atoms with Gasteiger partial charge in [0.05, 0.1) is 13.0 Å². The van der Waals surface area contributed by atoms with Crippen LogP contribution < -0.4 is 5.32 Å². The van der Waals surface area contributed by atoms with Crippen molar-refractivity contribution in [3.05, 3.63) is 0 Å². The first-order chi connectivity index (χ1) is 6.91. The molecule has 1 atom stereocenters. The Morgan fingerprint density at radius 3 is 2.47 bits per heavy atom. The fourth-order valence-corrected chi connectivity index (χ4v) is 1.43. The molecule has 1 aliphatic rings. The fraction of sp³-hybridized carbons (Fsp3) is 0.556. The number of carbonyl (C=O) groups is 4.